The summed E-state index contributed by atoms with van der Waals surface area (Å²) >= 11 is 3.05. The molecule has 0 heterocycles. The average molecular weight is 324 g/mol. The molecular weight excluding hydrogens is 314 g/mol. The van der Waals surface area contributed by atoms with Gasteiger partial charge in [-0.05, 0) is 46.8 Å². The van der Waals surface area contributed by atoms with Gasteiger partial charge in [0.2, 0.25) is 0 Å². The molecule has 1 amide bonds. The molecule has 0 aliphatic heterocycles. The van der Waals surface area contributed by atoms with E-state index < -0.39 is 16.9 Å². The first-order valence-electron chi connectivity index (χ1n) is 5.67. The van der Waals surface area contributed by atoms with E-state index in [0.29, 0.717) is 4.47 Å². The van der Waals surface area contributed by atoms with E-state index in [1.54, 1.807) is 0 Å². The zero-order valence-electron chi connectivity index (χ0n) is 9.80. The van der Waals surface area contributed by atoms with Crippen molar-refractivity contribution in [3.05, 3.63) is 38.3 Å². The van der Waals surface area contributed by atoms with Crippen LogP contribution in [0.1, 0.15) is 23.2 Å². The smallest absolute Gasteiger partial charge is 0.284 e. The predicted octanol–water partition coefficient (Wildman–Crippen LogP) is 2.39. The van der Waals surface area contributed by atoms with Crippen LogP contribution in [0.25, 0.3) is 0 Å². The van der Waals surface area contributed by atoms with Crippen molar-refractivity contribution < 1.29 is 9.72 Å². The second kappa shape index (κ2) is 5.36. The monoisotopic (exact) mass is 323 g/mol. The largest absolute Gasteiger partial charge is 0.336 e. The first-order valence-corrected chi connectivity index (χ1v) is 6.46. The molecule has 1 atom stereocenters. The van der Waals surface area contributed by atoms with Crippen LogP contribution in [0, 0.1) is 27.4 Å². The van der Waals surface area contributed by atoms with Crippen molar-refractivity contribution in [1.82, 2.24) is 5.32 Å². The first kappa shape index (κ1) is 13.5. The number of nitrogens with one attached hydrogen (secondary N) is 1. The highest BCUT2D eigenvalue weighted by atomic mass is 79.9. The van der Waals surface area contributed by atoms with Gasteiger partial charge in [-0.2, -0.15) is 5.26 Å². The van der Waals surface area contributed by atoms with Crippen molar-refractivity contribution in [1.29, 1.82) is 5.26 Å². The van der Waals surface area contributed by atoms with Gasteiger partial charge in [0.25, 0.3) is 11.6 Å². The van der Waals surface area contributed by atoms with Gasteiger partial charge in [-0.25, -0.2) is 0 Å². The molecule has 0 bridgehead atoms. The Balaban J connectivity index is 2.17. The molecule has 1 aliphatic carbocycles. The van der Waals surface area contributed by atoms with E-state index >= 15 is 0 Å². The van der Waals surface area contributed by atoms with Gasteiger partial charge >= 0.3 is 0 Å². The molecule has 19 heavy (non-hydrogen) atoms. The van der Waals surface area contributed by atoms with E-state index in [4.69, 9.17) is 5.26 Å². The molecular formula is C12H10BrN3O3. The van der Waals surface area contributed by atoms with Gasteiger partial charge in [0.1, 0.15) is 6.04 Å². The van der Waals surface area contributed by atoms with Crippen LogP contribution in [-0.4, -0.2) is 16.9 Å². The second-order valence-corrected chi connectivity index (χ2v) is 5.20. The minimum absolute atomic E-state index is 0.174. The van der Waals surface area contributed by atoms with Crippen LogP contribution in [0.2, 0.25) is 0 Å². The summed E-state index contributed by atoms with van der Waals surface area (Å²) in [6, 6.07) is 5.65. The number of hydrogen-bond acceptors (Lipinski definition) is 4. The van der Waals surface area contributed by atoms with Crippen molar-refractivity contribution in [3.8, 4) is 6.07 Å². The third kappa shape index (κ3) is 3.09. The molecule has 1 aliphatic rings. The van der Waals surface area contributed by atoms with E-state index in [-0.39, 0.29) is 17.2 Å². The van der Waals surface area contributed by atoms with E-state index in [9.17, 15) is 14.9 Å². The lowest BCUT2D eigenvalue weighted by Crippen LogP contribution is -2.35. The topological polar surface area (TPSA) is 96.0 Å². The summed E-state index contributed by atoms with van der Waals surface area (Å²) in [6.07, 6.45) is 1.86. The third-order valence-corrected chi connectivity index (χ3v) is 3.59. The second-order valence-electron chi connectivity index (χ2n) is 4.34. The number of benzene rings is 1. The van der Waals surface area contributed by atoms with Crippen molar-refractivity contribution >= 4 is 27.5 Å². The molecule has 2 rings (SSSR count). The molecule has 1 aromatic carbocycles. The molecule has 1 fully saturated rings. The zero-order chi connectivity index (χ0) is 14.0. The summed E-state index contributed by atoms with van der Waals surface area (Å²) in [5.74, 6) is -0.256. The molecule has 0 saturated heterocycles. The van der Waals surface area contributed by atoms with Crippen LogP contribution in [-0.2, 0) is 0 Å². The van der Waals surface area contributed by atoms with Crippen LogP contribution in [0.4, 0.5) is 5.69 Å². The van der Waals surface area contributed by atoms with E-state index in [2.05, 4.69) is 21.2 Å². The summed E-state index contributed by atoms with van der Waals surface area (Å²) in [5.41, 5.74) is 0.00313. The van der Waals surface area contributed by atoms with Crippen molar-refractivity contribution in [2.24, 2.45) is 5.92 Å². The number of nitrogens with zero attached hydrogens (tertiary/aromatic N) is 2. The molecule has 1 aromatic rings. The Bertz CT molecular complexity index is 578. The highest BCUT2D eigenvalue weighted by Crippen LogP contribution is 2.32. The summed E-state index contributed by atoms with van der Waals surface area (Å²) in [5, 5.41) is 22.3. The summed E-state index contributed by atoms with van der Waals surface area (Å²) in [4.78, 5) is 22.2. The minimum atomic E-state index is -0.566. The van der Waals surface area contributed by atoms with Crippen LogP contribution in [0.5, 0.6) is 0 Å². The highest BCUT2D eigenvalue weighted by molar-refractivity contribution is 9.10. The van der Waals surface area contributed by atoms with Gasteiger partial charge in [0.15, 0.2) is 0 Å². The molecule has 7 heteroatoms. The number of nitro benzene ring substituents is 1. The number of halogens is 1. The van der Waals surface area contributed by atoms with E-state index in [1.807, 2.05) is 6.07 Å². The maximum absolute atomic E-state index is 11.9. The quantitative estimate of drug-likeness (QED) is 0.679. The standard InChI is InChI=1S/C12H10BrN3O3/c13-9-4-3-8(5-11(9)16(18)19)12(17)15-10(6-14)7-1-2-7/h3-5,7,10H,1-2H2,(H,15,17). The van der Waals surface area contributed by atoms with Gasteiger partial charge in [0, 0.05) is 11.6 Å². The van der Waals surface area contributed by atoms with Crippen molar-refractivity contribution in [2.75, 3.05) is 0 Å². The number of rotatable bonds is 4. The Kier molecular flexibility index (Phi) is 3.81. The number of carbonyl (C=O) groups excluding carboxylic acids is 1. The summed E-state index contributed by atoms with van der Waals surface area (Å²) < 4.78 is 0.313. The first-order chi connectivity index (χ1) is 9.02. The maximum atomic E-state index is 11.9. The lowest BCUT2D eigenvalue weighted by molar-refractivity contribution is -0.385. The van der Waals surface area contributed by atoms with Crippen LogP contribution in [0.15, 0.2) is 22.7 Å². The lowest BCUT2D eigenvalue weighted by Gasteiger charge is -2.10. The Hall–Kier alpha value is -1.94. The SMILES string of the molecule is N#CC(NC(=O)c1ccc(Br)c([N+](=O)[O-])c1)C1CC1. The Morgan fingerprint density at radius 3 is 2.79 bits per heavy atom. The van der Waals surface area contributed by atoms with E-state index in [0.717, 1.165) is 12.8 Å². The molecule has 1 saturated carbocycles. The predicted molar refractivity (Wildman–Crippen MR) is 70.4 cm³/mol. The van der Waals surface area contributed by atoms with Gasteiger partial charge in [-0.3, -0.25) is 14.9 Å². The molecule has 1 N–H and O–H groups in total. The molecule has 0 radical (unpaired) electrons. The molecule has 0 aromatic heterocycles. The number of hydrogen-bond donors (Lipinski definition) is 1. The van der Waals surface area contributed by atoms with Gasteiger partial charge in [0.05, 0.1) is 15.5 Å². The number of nitriles is 1. The normalized spacial score (nSPS) is 15.4. The molecule has 1 unspecified atom stereocenters. The third-order valence-electron chi connectivity index (χ3n) is 2.92. The van der Waals surface area contributed by atoms with Gasteiger partial charge in [-0.15, -0.1) is 0 Å². The van der Waals surface area contributed by atoms with E-state index in [1.165, 1.54) is 18.2 Å². The van der Waals surface area contributed by atoms with Crippen LogP contribution < -0.4 is 5.32 Å². The summed E-state index contributed by atoms with van der Waals surface area (Å²) in [6.45, 7) is 0. The fourth-order valence-electron chi connectivity index (χ4n) is 1.70. The molecule has 0 spiro atoms. The van der Waals surface area contributed by atoms with Crippen molar-refractivity contribution in [2.45, 2.75) is 18.9 Å². The van der Waals surface area contributed by atoms with Crippen LogP contribution in [0.3, 0.4) is 0 Å². The fraction of sp³-hybridized carbons (Fsp3) is 0.333. The molecule has 6 nitrogen and oxygen atoms in total. The lowest BCUT2D eigenvalue weighted by atomic mass is 10.1. The number of nitro groups is 1. The number of amides is 1. The number of carbonyl (C=O) groups is 1. The van der Waals surface area contributed by atoms with Crippen molar-refractivity contribution in [3.63, 3.8) is 0 Å². The highest BCUT2D eigenvalue weighted by Gasteiger charge is 2.32. The minimum Gasteiger partial charge on any atom is -0.336 e. The fourth-order valence-corrected chi connectivity index (χ4v) is 2.09. The van der Waals surface area contributed by atoms with Gasteiger partial charge < -0.3 is 5.32 Å². The van der Waals surface area contributed by atoms with Gasteiger partial charge in [-0.1, -0.05) is 0 Å². The zero-order valence-corrected chi connectivity index (χ0v) is 11.4. The molecule has 98 valence electrons. The maximum Gasteiger partial charge on any atom is 0.284 e. The summed E-state index contributed by atoms with van der Waals surface area (Å²) in [7, 11) is 0. The Labute approximate surface area is 117 Å². The van der Waals surface area contributed by atoms with Crippen LogP contribution >= 0.6 is 15.9 Å². The Morgan fingerprint density at radius 1 is 1.58 bits per heavy atom. The average Bonchev–Trinajstić information content (AvgIpc) is 3.20. The Morgan fingerprint density at radius 2 is 2.26 bits per heavy atom.